The van der Waals surface area contributed by atoms with Crippen molar-refractivity contribution in [3.63, 3.8) is 0 Å². The van der Waals surface area contributed by atoms with Crippen LogP contribution in [0.4, 0.5) is 4.39 Å². The van der Waals surface area contributed by atoms with Crippen LogP contribution in [0.3, 0.4) is 0 Å². The van der Waals surface area contributed by atoms with Crippen molar-refractivity contribution in [1.82, 2.24) is 4.90 Å². The van der Waals surface area contributed by atoms with Crippen LogP contribution >= 0.6 is 0 Å². The molecule has 2 atom stereocenters. The Balaban J connectivity index is 2.05. The monoisotopic (exact) mass is 291 g/mol. The second-order valence-corrected chi connectivity index (χ2v) is 5.31. The Morgan fingerprint density at radius 1 is 1.19 bits per heavy atom. The highest BCUT2D eigenvalue weighted by Gasteiger charge is 2.35. The lowest BCUT2D eigenvalue weighted by atomic mass is 9.82. The zero-order chi connectivity index (χ0) is 15.4. The molecule has 0 unspecified atom stereocenters. The summed E-state index contributed by atoms with van der Waals surface area (Å²) in [5.41, 5.74) is 0.811. The molecule has 0 aromatic heterocycles. The molecule has 1 aromatic carbocycles. The van der Waals surface area contributed by atoms with E-state index in [-0.39, 0.29) is 11.7 Å². The highest BCUT2D eigenvalue weighted by atomic mass is 19.1. The molecule has 0 fully saturated rings. The fraction of sp³-hybridized carbons (Fsp3) is 0.375. The molecule has 0 heterocycles. The number of carboxylic acid groups (broad SMARTS) is 1. The fourth-order valence-corrected chi connectivity index (χ4v) is 2.58. The van der Waals surface area contributed by atoms with Crippen LogP contribution in [0.1, 0.15) is 18.4 Å². The molecule has 0 saturated heterocycles. The number of carboxylic acids is 1. The van der Waals surface area contributed by atoms with Crippen molar-refractivity contribution in [3.05, 3.63) is 47.8 Å². The molecule has 2 rings (SSSR count). The van der Waals surface area contributed by atoms with Gasteiger partial charge in [0.15, 0.2) is 0 Å². The molecule has 1 aliphatic rings. The van der Waals surface area contributed by atoms with E-state index in [2.05, 4.69) is 0 Å². The van der Waals surface area contributed by atoms with E-state index >= 15 is 0 Å². The van der Waals surface area contributed by atoms with E-state index in [0.29, 0.717) is 19.4 Å². The van der Waals surface area contributed by atoms with Gasteiger partial charge in [0.1, 0.15) is 5.82 Å². The van der Waals surface area contributed by atoms with Crippen molar-refractivity contribution in [2.75, 3.05) is 7.05 Å². The second kappa shape index (κ2) is 6.52. The second-order valence-electron chi connectivity index (χ2n) is 5.31. The van der Waals surface area contributed by atoms with Crippen LogP contribution in [-0.2, 0) is 16.1 Å². The van der Waals surface area contributed by atoms with Crippen LogP contribution in [0, 0.1) is 17.7 Å². The fourth-order valence-electron chi connectivity index (χ4n) is 2.58. The topological polar surface area (TPSA) is 57.6 Å². The van der Waals surface area contributed by atoms with Crippen molar-refractivity contribution in [1.29, 1.82) is 0 Å². The molecule has 0 bridgehead atoms. The molecule has 5 heteroatoms. The molecule has 1 aromatic rings. The summed E-state index contributed by atoms with van der Waals surface area (Å²) in [4.78, 5) is 25.2. The van der Waals surface area contributed by atoms with Gasteiger partial charge in [-0.2, -0.15) is 0 Å². The predicted octanol–water partition coefficient (Wildman–Crippen LogP) is 2.45. The Hall–Kier alpha value is -2.17. The molecule has 4 nitrogen and oxygen atoms in total. The normalized spacial score (nSPS) is 21.0. The number of nitrogens with zero attached hydrogens (tertiary/aromatic N) is 1. The van der Waals surface area contributed by atoms with Gasteiger partial charge in [-0.05, 0) is 30.5 Å². The van der Waals surface area contributed by atoms with Crippen LogP contribution < -0.4 is 0 Å². The van der Waals surface area contributed by atoms with Gasteiger partial charge in [0.2, 0.25) is 5.91 Å². The third-order valence-electron chi connectivity index (χ3n) is 3.78. The van der Waals surface area contributed by atoms with Gasteiger partial charge >= 0.3 is 5.97 Å². The van der Waals surface area contributed by atoms with Crippen LogP contribution in [0.15, 0.2) is 36.4 Å². The summed E-state index contributed by atoms with van der Waals surface area (Å²) in [6, 6.07) is 5.93. The number of carbonyl (C=O) groups is 2. The summed E-state index contributed by atoms with van der Waals surface area (Å²) in [6.07, 6.45) is 4.50. The molecule has 0 saturated carbocycles. The standard InChI is InChI=1S/C16H18FNO3/c1-18(10-11-6-8-12(17)9-7-11)15(19)13-4-2-3-5-14(13)16(20)21/h2-3,6-9,13-14H,4-5,10H2,1H3,(H,20,21)/t13-,14+/m1/s1. The molecule has 112 valence electrons. The summed E-state index contributed by atoms with van der Waals surface area (Å²) in [5, 5.41) is 9.21. The van der Waals surface area contributed by atoms with E-state index in [9.17, 15) is 19.1 Å². The lowest BCUT2D eigenvalue weighted by molar-refractivity contribution is -0.150. The number of rotatable bonds is 4. The van der Waals surface area contributed by atoms with E-state index in [1.807, 2.05) is 12.2 Å². The van der Waals surface area contributed by atoms with E-state index in [4.69, 9.17) is 0 Å². The van der Waals surface area contributed by atoms with Crippen molar-refractivity contribution in [2.24, 2.45) is 11.8 Å². The number of hydrogen-bond donors (Lipinski definition) is 1. The first-order valence-corrected chi connectivity index (χ1v) is 6.86. The van der Waals surface area contributed by atoms with Crippen LogP contribution in [-0.4, -0.2) is 28.9 Å². The minimum absolute atomic E-state index is 0.184. The number of halogens is 1. The van der Waals surface area contributed by atoms with Crippen LogP contribution in [0.25, 0.3) is 0 Å². The maximum Gasteiger partial charge on any atom is 0.307 e. The van der Waals surface area contributed by atoms with Gasteiger partial charge in [0.05, 0.1) is 11.8 Å². The van der Waals surface area contributed by atoms with E-state index in [0.717, 1.165) is 5.56 Å². The molecule has 1 N–H and O–H groups in total. The smallest absolute Gasteiger partial charge is 0.307 e. The van der Waals surface area contributed by atoms with Crippen molar-refractivity contribution in [2.45, 2.75) is 19.4 Å². The van der Waals surface area contributed by atoms with Gasteiger partial charge in [-0.3, -0.25) is 9.59 Å². The minimum atomic E-state index is -0.937. The largest absolute Gasteiger partial charge is 0.481 e. The molecule has 0 aliphatic heterocycles. The van der Waals surface area contributed by atoms with Crippen molar-refractivity contribution in [3.8, 4) is 0 Å². The Kier molecular flexibility index (Phi) is 4.73. The average Bonchev–Trinajstić information content (AvgIpc) is 2.48. The summed E-state index contributed by atoms with van der Waals surface area (Å²) in [6.45, 7) is 0.339. The summed E-state index contributed by atoms with van der Waals surface area (Å²) in [5.74, 6) is -2.64. The van der Waals surface area contributed by atoms with Gasteiger partial charge in [-0.25, -0.2) is 4.39 Å². The molecule has 0 radical (unpaired) electrons. The predicted molar refractivity (Wildman–Crippen MR) is 75.9 cm³/mol. The van der Waals surface area contributed by atoms with Crippen molar-refractivity contribution >= 4 is 11.9 Å². The van der Waals surface area contributed by atoms with E-state index in [1.165, 1.54) is 17.0 Å². The first kappa shape index (κ1) is 15.2. The third-order valence-corrected chi connectivity index (χ3v) is 3.78. The lowest BCUT2D eigenvalue weighted by Gasteiger charge is -2.28. The molecule has 1 amide bonds. The first-order chi connectivity index (χ1) is 9.99. The highest BCUT2D eigenvalue weighted by Crippen LogP contribution is 2.27. The zero-order valence-corrected chi connectivity index (χ0v) is 11.8. The van der Waals surface area contributed by atoms with Crippen LogP contribution in [0.5, 0.6) is 0 Å². The lowest BCUT2D eigenvalue weighted by Crippen LogP contribution is -2.39. The highest BCUT2D eigenvalue weighted by molar-refractivity contribution is 5.85. The zero-order valence-electron chi connectivity index (χ0n) is 11.8. The third kappa shape index (κ3) is 3.68. The summed E-state index contributed by atoms with van der Waals surface area (Å²) < 4.78 is 12.9. The van der Waals surface area contributed by atoms with Gasteiger partial charge in [-0.1, -0.05) is 24.3 Å². The molecular formula is C16H18FNO3. The maximum absolute atomic E-state index is 12.9. The van der Waals surface area contributed by atoms with Gasteiger partial charge in [0, 0.05) is 13.6 Å². The summed E-state index contributed by atoms with van der Waals surface area (Å²) in [7, 11) is 1.64. The minimum Gasteiger partial charge on any atom is -0.481 e. The SMILES string of the molecule is CN(Cc1ccc(F)cc1)C(=O)[C@@H]1CC=CC[C@@H]1C(=O)O. The number of aliphatic carboxylic acids is 1. The molecule has 0 spiro atoms. The molecule has 21 heavy (non-hydrogen) atoms. The van der Waals surface area contributed by atoms with E-state index in [1.54, 1.807) is 19.2 Å². The Bertz CT molecular complexity index is 553. The number of carbonyl (C=O) groups excluding carboxylic acids is 1. The van der Waals surface area contributed by atoms with Gasteiger partial charge < -0.3 is 10.0 Å². The maximum atomic E-state index is 12.9. The van der Waals surface area contributed by atoms with Gasteiger partial charge in [-0.15, -0.1) is 0 Å². The Morgan fingerprint density at radius 3 is 2.33 bits per heavy atom. The average molecular weight is 291 g/mol. The summed E-state index contributed by atoms with van der Waals surface area (Å²) >= 11 is 0. The number of hydrogen-bond acceptors (Lipinski definition) is 2. The Morgan fingerprint density at radius 2 is 1.76 bits per heavy atom. The van der Waals surface area contributed by atoms with Crippen LogP contribution in [0.2, 0.25) is 0 Å². The molecule has 1 aliphatic carbocycles. The van der Waals surface area contributed by atoms with Crippen molar-refractivity contribution < 1.29 is 19.1 Å². The molecular weight excluding hydrogens is 273 g/mol. The quantitative estimate of drug-likeness (QED) is 0.867. The van der Waals surface area contributed by atoms with E-state index < -0.39 is 17.8 Å². The number of benzene rings is 1. The number of allylic oxidation sites excluding steroid dienone is 2. The van der Waals surface area contributed by atoms with Gasteiger partial charge in [0.25, 0.3) is 0 Å². The number of amides is 1. The Labute approximate surface area is 122 Å². The first-order valence-electron chi connectivity index (χ1n) is 6.86.